The zero-order chi connectivity index (χ0) is 35.4. The fraction of sp³-hybridized carbons (Fsp3) is 0.615. The molecule has 5 aliphatic rings. The fourth-order valence-electron chi connectivity index (χ4n) is 9.39. The normalized spacial score (nSPS) is 35.3. The molecular formula is C39H53ClN4O5S. The van der Waals surface area contributed by atoms with E-state index in [1.165, 1.54) is 11.1 Å². The van der Waals surface area contributed by atoms with Gasteiger partial charge in [0.1, 0.15) is 5.75 Å². The predicted molar refractivity (Wildman–Crippen MR) is 201 cm³/mol. The Balaban J connectivity index is 1.28. The Kier molecular flexibility index (Phi) is 9.71. The molecule has 2 amide bonds. The number of carbonyl (C=O) groups excluding carboxylic acids is 2. The first-order valence-corrected chi connectivity index (χ1v) is 20.6. The quantitative estimate of drug-likeness (QED) is 0.425. The monoisotopic (exact) mass is 724 g/mol. The number of amides is 2. The molecule has 272 valence electrons. The number of piperazine rings is 1. The zero-order valence-electron chi connectivity index (χ0n) is 29.8. The molecule has 1 unspecified atom stereocenters. The number of β-amino-alcohol motifs (C(OH)–C–C–N with tert-alkyl or cyclic N) is 1. The van der Waals surface area contributed by atoms with Crippen LogP contribution in [0.5, 0.6) is 5.75 Å². The molecule has 9 nitrogen and oxygen atoms in total. The third-order valence-corrected chi connectivity index (χ3v) is 15.3. The number of nitrogens with zero attached hydrogens (tertiary/aromatic N) is 3. The third kappa shape index (κ3) is 6.77. The second kappa shape index (κ2) is 13.6. The van der Waals surface area contributed by atoms with Crippen LogP contribution < -0.4 is 14.4 Å². The van der Waals surface area contributed by atoms with Crippen molar-refractivity contribution in [2.24, 2.45) is 17.8 Å². The smallest absolute Gasteiger partial charge is 0.262 e. The van der Waals surface area contributed by atoms with E-state index in [4.69, 9.17) is 16.3 Å². The molecule has 2 bridgehead atoms. The summed E-state index contributed by atoms with van der Waals surface area (Å²) in [6.07, 6.45) is 6.98. The van der Waals surface area contributed by atoms with Gasteiger partial charge in [-0.05, 0) is 117 Å². The molecule has 7 rings (SSSR count). The molecule has 2 aromatic rings. The van der Waals surface area contributed by atoms with Crippen molar-refractivity contribution in [2.45, 2.75) is 81.5 Å². The molecule has 1 spiro atoms. The molecule has 3 aliphatic heterocycles. The summed E-state index contributed by atoms with van der Waals surface area (Å²) in [5.74, 6) is 4.73. The lowest BCUT2D eigenvalue weighted by molar-refractivity contribution is -0.140. The minimum atomic E-state index is -2.98. The van der Waals surface area contributed by atoms with E-state index in [0.29, 0.717) is 51.3 Å². The van der Waals surface area contributed by atoms with Crippen molar-refractivity contribution >= 4 is 44.7 Å². The summed E-state index contributed by atoms with van der Waals surface area (Å²) in [4.78, 5) is 32.7. The summed E-state index contributed by atoms with van der Waals surface area (Å²) in [5, 5.41) is 13.1. The van der Waals surface area contributed by atoms with Crippen LogP contribution in [0.4, 0.5) is 5.69 Å². The predicted octanol–water partition coefficient (Wildman–Crippen LogP) is 4.91. The van der Waals surface area contributed by atoms with Gasteiger partial charge in [0.15, 0.2) is 0 Å². The van der Waals surface area contributed by atoms with Gasteiger partial charge in [0.2, 0.25) is 5.91 Å². The van der Waals surface area contributed by atoms with E-state index in [9.17, 15) is 18.9 Å². The van der Waals surface area contributed by atoms with E-state index in [1.807, 2.05) is 32.2 Å². The highest BCUT2D eigenvalue weighted by Gasteiger charge is 2.49. The maximum atomic E-state index is 13.9. The van der Waals surface area contributed by atoms with E-state index in [1.54, 1.807) is 11.0 Å². The molecule has 2 aromatic carbocycles. The first-order valence-electron chi connectivity index (χ1n) is 18.4. The second-order valence-electron chi connectivity index (χ2n) is 16.1. The average molecular weight is 725 g/mol. The average Bonchev–Trinajstić information content (AvgIpc) is 3.20. The minimum Gasteiger partial charge on any atom is -0.490 e. The topological polar surface area (TPSA) is 102 Å². The van der Waals surface area contributed by atoms with E-state index in [2.05, 4.69) is 39.4 Å². The Bertz CT molecular complexity index is 1750. The molecule has 11 heteroatoms. The number of carbonyl (C=O) groups is 2. The molecule has 1 saturated carbocycles. The van der Waals surface area contributed by atoms with Crippen LogP contribution in [0.15, 0.2) is 36.4 Å². The zero-order valence-corrected chi connectivity index (χ0v) is 31.4. The van der Waals surface area contributed by atoms with Crippen LogP contribution in [-0.2, 0) is 26.3 Å². The molecule has 2 aliphatic carbocycles. The largest absolute Gasteiger partial charge is 0.490 e. The van der Waals surface area contributed by atoms with E-state index in [-0.39, 0.29) is 34.3 Å². The van der Waals surface area contributed by atoms with E-state index < -0.39 is 21.2 Å². The number of hydrogen-bond acceptors (Lipinski definition) is 7. The first-order chi connectivity index (χ1) is 23.8. The van der Waals surface area contributed by atoms with Gasteiger partial charge < -0.3 is 19.6 Å². The Morgan fingerprint density at radius 2 is 1.90 bits per heavy atom. The lowest BCUT2D eigenvalue weighted by atomic mass is 9.62. The van der Waals surface area contributed by atoms with Crippen molar-refractivity contribution in [3.63, 3.8) is 0 Å². The Hall–Kier alpha value is -2.79. The second-order valence-corrected chi connectivity index (χ2v) is 18.9. The van der Waals surface area contributed by atoms with Gasteiger partial charge in [-0.1, -0.05) is 31.0 Å². The summed E-state index contributed by atoms with van der Waals surface area (Å²) in [5.41, 5.74) is 2.56. The van der Waals surface area contributed by atoms with Crippen molar-refractivity contribution in [1.29, 1.82) is 0 Å². The summed E-state index contributed by atoms with van der Waals surface area (Å²) in [6.45, 7) is 8.05. The number of anilines is 1. The SMILES string of the molecule is C=S1(=O)NC(=O)c2ccc3c(c2)N(C[C@@H]2CC[C@H]2[C@@](O)(CN2CCN(C)C(=O)C2)CCC[C@H](C)[C@H]1C)C[C@@]1(CCCc2cc(Cl)ccc21)CO3. The summed E-state index contributed by atoms with van der Waals surface area (Å²) in [7, 11) is -1.13. The van der Waals surface area contributed by atoms with Gasteiger partial charge in [-0.2, -0.15) is 0 Å². The highest BCUT2D eigenvalue weighted by atomic mass is 35.5. The van der Waals surface area contributed by atoms with Gasteiger partial charge in [0.25, 0.3) is 5.91 Å². The van der Waals surface area contributed by atoms with Gasteiger partial charge in [0.05, 0.1) is 34.1 Å². The Morgan fingerprint density at radius 1 is 1.08 bits per heavy atom. The molecule has 2 fully saturated rings. The number of halogens is 1. The lowest BCUT2D eigenvalue weighted by Crippen LogP contribution is -2.59. The van der Waals surface area contributed by atoms with Crippen LogP contribution >= 0.6 is 11.6 Å². The number of likely N-dealkylation sites (N-methyl/N-ethyl adjacent to an activating group) is 1. The lowest BCUT2D eigenvalue weighted by Gasteiger charge is -2.51. The highest BCUT2D eigenvalue weighted by Crippen LogP contribution is 2.49. The van der Waals surface area contributed by atoms with Crippen LogP contribution in [0.25, 0.3) is 0 Å². The number of rotatable bonds is 2. The van der Waals surface area contributed by atoms with Crippen LogP contribution in [0.3, 0.4) is 0 Å². The molecule has 7 atom stereocenters. The van der Waals surface area contributed by atoms with E-state index in [0.717, 1.165) is 68.0 Å². The number of hydrogen-bond donors (Lipinski definition) is 2. The molecule has 2 N–H and O–H groups in total. The van der Waals surface area contributed by atoms with Crippen molar-refractivity contribution < 1.29 is 23.6 Å². The number of fused-ring (bicyclic) bond motifs is 4. The van der Waals surface area contributed by atoms with Crippen LogP contribution in [0.2, 0.25) is 5.02 Å². The maximum absolute atomic E-state index is 13.9. The van der Waals surface area contributed by atoms with Crippen LogP contribution in [0, 0.1) is 17.8 Å². The van der Waals surface area contributed by atoms with E-state index >= 15 is 0 Å². The number of aryl methyl sites for hydroxylation is 1. The van der Waals surface area contributed by atoms with Gasteiger partial charge in [-0.3, -0.25) is 19.2 Å². The molecule has 0 aromatic heterocycles. The minimum absolute atomic E-state index is 0.0141. The number of nitrogens with one attached hydrogen (secondary N) is 1. The molecular weight excluding hydrogens is 672 g/mol. The molecule has 0 radical (unpaired) electrons. The first kappa shape index (κ1) is 35.6. The number of benzene rings is 2. The van der Waals surface area contributed by atoms with Gasteiger partial charge in [0, 0.05) is 61.0 Å². The number of ether oxygens (including phenoxy) is 1. The standard InChI is InChI=1S/C39H53ClN4O5S/c1-26-7-5-16-39(47,24-43-18-17-42(3)36(45)22-43)33-12-9-30(33)21-44-23-38(15-6-8-28-19-31(40)11-13-32(28)38)25-49-35-14-10-29(20-34(35)44)37(46)41-50(4,48)27(26)2/h10-11,13-14,19-20,26-27,30,33,47H,4-9,12,15-18,21-25H2,1-3H3,(H,41,46,48)/t26-,27+,30-,33+,38-,39-,50?/m0/s1. The van der Waals surface area contributed by atoms with Crippen molar-refractivity contribution in [1.82, 2.24) is 14.5 Å². The van der Waals surface area contributed by atoms with Gasteiger partial charge in [-0.15, -0.1) is 0 Å². The third-order valence-electron chi connectivity index (χ3n) is 12.8. The van der Waals surface area contributed by atoms with Crippen LogP contribution in [0.1, 0.15) is 80.3 Å². The summed E-state index contributed by atoms with van der Waals surface area (Å²) >= 11 is 6.47. The van der Waals surface area contributed by atoms with Crippen molar-refractivity contribution in [3.05, 3.63) is 58.1 Å². The summed E-state index contributed by atoms with van der Waals surface area (Å²) < 4.78 is 23.4. The highest BCUT2D eigenvalue weighted by molar-refractivity contribution is 7.99. The maximum Gasteiger partial charge on any atom is 0.262 e. The Morgan fingerprint density at radius 3 is 2.66 bits per heavy atom. The van der Waals surface area contributed by atoms with Gasteiger partial charge in [-0.25, -0.2) is 4.21 Å². The Labute approximate surface area is 302 Å². The summed E-state index contributed by atoms with van der Waals surface area (Å²) in [6, 6.07) is 11.8. The van der Waals surface area contributed by atoms with Gasteiger partial charge >= 0.3 is 0 Å². The molecule has 50 heavy (non-hydrogen) atoms. The fourth-order valence-corrected chi connectivity index (χ4v) is 11.1. The van der Waals surface area contributed by atoms with Crippen molar-refractivity contribution in [3.8, 4) is 5.75 Å². The number of aliphatic hydroxyl groups is 1. The van der Waals surface area contributed by atoms with Crippen LogP contribution in [-0.4, -0.2) is 101 Å². The molecule has 3 heterocycles. The van der Waals surface area contributed by atoms with Crippen molar-refractivity contribution in [2.75, 3.05) is 57.8 Å². The molecule has 1 saturated heterocycles.